The van der Waals surface area contributed by atoms with Crippen LogP contribution in [0.25, 0.3) is 28.6 Å². The number of aromatic nitrogens is 1. The number of nitrogens with zero attached hydrogens (tertiary/aromatic N) is 1. The minimum Gasteiger partial charge on any atom is -0.497 e. The summed E-state index contributed by atoms with van der Waals surface area (Å²) in [4.78, 5) is 44.2. The van der Waals surface area contributed by atoms with E-state index < -0.39 is 11.8 Å². The quantitative estimate of drug-likeness (QED) is 0.0969. The number of fused-ring (bicyclic) bond motifs is 1. The second kappa shape index (κ2) is 15.0. The molecule has 10 heteroatoms. The van der Waals surface area contributed by atoms with Gasteiger partial charge in [0, 0.05) is 27.4 Å². The highest BCUT2D eigenvalue weighted by Crippen LogP contribution is 2.26. The summed E-state index contributed by atoms with van der Waals surface area (Å²) >= 11 is 1.37. The lowest BCUT2D eigenvalue weighted by molar-refractivity contribution is -0.114. The zero-order valence-electron chi connectivity index (χ0n) is 25.8. The summed E-state index contributed by atoms with van der Waals surface area (Å²) in [5.41, 5.74) is 4.72. The average molecular weight is 655 g/mol. The molecule has 0 aliphatic rings. The molecule has 5 aromatic carbocycles. The van der Waals surface area contributed by atoms with Gasteiger partial charge in [-0.05, 0) is 96.6 Å². The lowest BCUT2D eigenvalue weighted by atomic mass is 10.1. The Hall–Kier alpha value is -6.13. The molecular formula is C38H30N4O5S. The monoisotopic (exact) mass is 654 g/mol. The average Bonchev–Trinajstić information content (AvgIpc) is 3.56. The van der Waals surface area contributed by atoms with E-state index in [2.05, 4.69) is 20.9 Å². The first-order valence-electron chi connectivity index (χ1n) is 15.0. The van der Waals surface area contributed by atoms with Gasteiger partial charge in [0.15, 0.2) is 5.58 Å². The first kappa shape index (κ1) is 31.8. The molecule has 0 aliphatic heterocycles. The molecule has 1 heterocycles. The van der Waals surface area contributed by atoms with E-state index in [9.17, 15) is 14.4 Å². The summed E-state index contributed by atoms with van der Waals surface area (Å²) in [6.45, 7) is 0. The zero-order valence-corrected chi connectivity index (χ0v) is 26.6. The zero-order chi connectivity index (χ0) is 33.3. The topological polar surface area (TPSA) is 123 Å². The van der Waals surface area contributed by atoms with Gasteiger partial charge in [-0.2, -0.15) is 0 Å². The summed E-state index contributed by atoms with van der Waals surface area (Å²) in [7, 11) is 1.57. The number of amides is 3. The Morgan fingerprint density at radius 3 is 2.15 bits per heavy atom. The van der Waals surface area contributed by atoms with Crippen LogP contribution in [0.15, 0.2) is 142 Å². The fraction of sp³-hybridized carbons (Fsp3) is 0.0526. The number of carbonyl (C=O) groups excluding carboxylic acids is 3. The highest BCUT2D eigenvalue weighted by molar-refractivity contribution is 8.00. The third kappa shape index (κ3) is 8.17. The van der Waals surface area contributed by atoms with Gasteiger partial charge in [-0.25, -0.2) is 4.98 Å². The summed E-state index contributed by atoms with van der Waals surface area (Å²) < 4.78 is 11.0. The maximum atomic E-state index is 13.3. The molecule has 0 fully saturated rings. The number of rotatable bonds is 11. The van der Waals surface area contributed by atoms with Crippen LogP contribution in [0.4, 0.5) is 11.4 Å². The summed E-state index contributed by atoms with van der Waals surface area (Å²) in [6, 6.07) is 37.8. The van der Waals surface area contributed by atoms with Gasteiger partial charge in [-0.3, -0.25) is 14.4 Å². The molecular weight excluding hydrogens is 625 g/mol. The maximum Gasteiger partial charge on any atom is 0.272 e. The van der Waals surface area contributed by atoms with Gasteiger partial charge in [0.1, 0.15) is 17.0 Å². The van der Waals surface area contributed by atoms with Crippen molar-refractivity contribution in [3.05, 3.63) is 144 Å². The molecule has 0 saturated carbocycles. The van der Waals surface area contributed by atoms with Crippen molar-refractivity contribution in [1.82, 2.24) is 10.3 Å². The predicted molar refractivity (Wildman–Crippen MR) is 189 cm³/mol. The number of hydrogen-bond acceptors (Lipinski definition) is 7. The predicted octanol–water partition coefficient (Wildman–Crippen LogP) is 7.64. The molecule has 9 nitrogen and oxygen atoms in total. The molecule has 0 atom stereocenters. The molecule has 0 unspecified atom stereocenters. The van der Waals surface area contributed by atoms with E-state index in [1.807, 2.05) is 66.7 Å². The van der Waals surface area contributed by atoms with Crippen molar-refractivity contribution in [3.8, 4) is 17.2 Å². The Labute approximate surface area is 281 Å². The molecule has 0 spiro atoms. The van der Waals surface area contributed by atoms with Crippen LogP contribution in [0.5, 0.6) is 5.75 Å². The largest absolute Gasteiger partial charge is 0.497 e. The van der Waals surface area contributed by atoms with Gasteiger partial charge in [0.2, 0.25) is 11.8 Å². The third-order valence-corrected chi connectivity index (χ3v) is 8.16. The number of carbonyl (C=O) groups is 3. The van der Waals surface area contributed by atoms with Gasteiger partial charge >= 0.3 is 0 Å². The van der Waals surface area contributed by atoms with Crippen LogP contribution < -0.4 is 20.7 Å². The highest BCUT2D eigenvalue weighted by atomic mass is 32.2. The minimum atomic E-state index is -0.489. The minimum absolute atomic E-state index is 0.0750. The molecule has 0 saturated heterocycles. The van der Waals surface area contributed by atoms with Crippen molar-refractivity contribution >= 4 is 58.0 Å². The molecule has 0 radical (unpaired) electrons. The second-order valence-corrected chi connectivity index (χ2v) is 11.6. The van der Waals surface area contributed by atoms with Gasteiger partial charge in [0.05, 0.1) is 12.9 Å². The van der Waals surface area contributed by atoms with E-state index in [4.69, 9.17) is 9.15 Å². The Balaban J connectivity index is 1.04. The Bertz CT molecular complexity index is 2040. The summed E-state index contributed by atoms with van der Waals surface area (Å²) in [5, 5.41) is 8.48. The van der Waals surface area contributed by atoms with E-state index >= 15 is 0 Å². The van der Waals surface area contributed by atoms with Gasteiger partial charge in [-0.15, -0.1) is 11.8 Å². The van der Waals surface area contributed by atoms with Crippen molar-refractivity contribution in [1.29, 1.82) is 0 Å². The molecule has 3 amide bonds. The molecule has 0 bridgehead atoms. The van der Waals surface area contributed by atoms with Crippen LogP contribution >= 0.6 is 11.8 Å². The van der Waals surface area contributed by atoms with Crippen molar-refractivity contribution in [2.24, 2.45) is 0 Å². The standard InChI is InChI=1S/C38H30N4O5S/c1-46-30-19-11-25(12-20-30)23-33(41-36(44)26-7-3-2-4-8-26)37(45)40-29-17-21-31(22-18-29)48-24-35(43)39-28-15-13-27(14-16-28)38-42-32-9-5-6-10-34(32)47-38/h2-23H,24H2,1H3,(H,39,43)(H,40,45)(H,41,44)/b33-23-. The smallest absolute Gasteiger partial charge is 0.272 e. The molecule has 1 aromatic heterocycles. The number of nitrogens with one attached hydrogen (secondary N) is 3. The number of methoxy groups -OCH3 is 1. The normalized spacial score (nSPS) is 11.1. The third-order valence-electron chi connectivity index (χ3n) is 7.15. The van der Waals surface area contributed by atoms with Gasteiger partial charge in [-0.1, -0.05) is 42.5 Å². The number of anilines is 2. The van der Waals surface area contributed by atoms with Crippen LogP contribution in [-0.2, 0) is 9.59 Å². The Morgan fingerprint density at radius 1 is 0.771 bits per heavy atom. The second-order valence-electron chi connectivity index (χ2n) is 10.5. The molecule has 48 heavy (non-hydrogen) atoms. The Kier molecular flexibility index (Phi) is 9.93. The van der Waals surface area contributed by atoms with E-state index in [1.165, 1.54) is 11.8 Å². The van der Waals surface area contributed by atoms with E-state index in [1.54, 1.807) is 73.8 Å². The molecule has 238 valence electrons. The number of ether oxygens (including phenoxy) is 1. The fourth-order valence-corrected chi connectivity index (χ4v) is 5.38. The molecule has 6 aromatic rings. The molecule has 3 N–H and O–H groups in total. The number of para-hydroxylation sites is 2. The lowest BCUT2D eigenvalue weighted by Gasteiger charge is -2.12. The number of thioether (sulfide) groups is 1. The number of hydrogen-bond donors (Lipinski definition) is 3. The van der Waals surface area contributed by atoms with E-state index in [-0.39, 0.29) is 17.4 Å². The molecule has 0 aliphatic carbocycles. The van der Waals surface area contributed by atoms with Crippen molar-refractivity contribution in [2.75, 3.05) is 23.5 Å². The fourth-order valence-electron chi connectivity index (χ4n) is 4.68. The summed E-state index contributed by atoms with van der Waals surface area (Å²) in [6.07, 6.45) is 1.60. The van der Waals surface area contributed by atoms with Crippen molar-refractivity contribution in [2.45, 2.75) is 4.90 Å². The van der Waals surface area contributed by atoms with Crippen molar-refractivity contribution < 1.29 is 23.5 Å². The first-order chi connectivity index (χ1) is 23.4. The van der Waals surface area contributed by atoms with E-state index in [0.29, 0.717) is 34.1 Å². The van der Waals surface area contributed by atoms with Crippen LogP contribution in [-0.4, -0.2) is 35.6 Å². The van der Waals surface area contributed by atoms with Crippen LogP contribution in [0.2, 0.25) is 0 Å². The van der Waals surface area contributed by atoms with Gasteiger partial charge in [0.25, 0.3) is 11.8 Å². The lowest BCUT2D eigenvalue weighted by Crippen LogP contribution is -2.30. The number of oxazole rings is 1. The highest BCUT2D eigenvalue weighted by Gasteiger charge is 2.16. The van der Waals surface area contributed by atoms with Crippen LogP contribution in [0.3, 0.4) is 0 Å². The van der Waals surface area contributed by atoms with Crippen LogP contribution in [0, 0.1) is 0 Å². The van der Waals surface area contributed by atoms with Gasteiger partial charge < -0.3 is 25.1 Å². The SMILES string of the molecule is COc1ccc(/C=C(\NC(=O)c2ccccc2)C(=O)Nc2ccc(SCC(=O)Nc3ccc(-c4nc5ccccc5o4)cc3)cc2)cc1. The Morgan fingerprint density at radius 2 is 1.44 bits per heavy atom. The maximum absolute atomic E-state index is 13.3. The van der Waals surface area contributed by atoms with Crippen molar-refractivity contribution in [3.63, 3.8) is 0 Å². The first-order valence-corrected chi connectivity index (χ1v) is 15.9. The molecule has 6 rings (SSSR count). The summed E-state index contributed by atoms with van der Waals surface area (Å²) in [5.74, 6) is 0.332. The van der Waals surface area contributed by atoms with E-state index in [0.717, 1.165) is 21.6 Å². The van der Waals surface area contributed by atoms with Crippen LogP contribution in [0.1, 0.15) is 15.9 Å². The number of benzene rings is 5.